The number of para-hydroxylation sites is 2. The Morgan fingerprint density at radius 2 is 0.879 bits per heavy atom. The van der Waals surface area contributed by atoms with Crippen LogP contribution in [0.4, 0.5) is 11.4 Å². The van der Waals surface area contributed by atoms with Gasteiger partial charge in [0.05, 0.1) is 46.6 Å². The van der Waals surface area contributed by atoms with E-state index in [0.29, 0.717) is 11.4 Å². The SMILES string of the molecule is [C-]#[N+]c1cccc(-c2cc(-n3c4ccccc4c4cc(-c5ccc(C)cc5C)ccc43)c(-n3c4ccccc4c4cc(-c5ccc(C)cc5C)ccc43)cc2[N+]#[C-])c1. The maximum atomic E-state index is 8.53. The van der Waals surface area contributed by atoms with E-state index >= 15 is 0 Å². The lowest BCUT2D eigenvalue weighted by atomic mass is 9.97. The van der Waals surface area contributed by atoms with Crippen molar-refractivity contribution in [3.05, 3.63) is 203 Å². The highest BCUT2D eigenvalue weighted by Crippen LogP contribution is 2.45. The van der Waals surface area contributed by atoms with Gasteiger partial charge in [0.2, 0.25) is 0 Å². The first-order chi connectivity index (χ1) is 28.3. The minimum absolute atomic E-state index is 0.525. The molecule has 0 radical (unpaired) electrons. The molecule has 8 aromatic carbocycles. The zero-order valence-corrected chi connectivity index (χ0v) is 32.8. The average Bonchev–Trinajstić information content (AvgIpc) is 3.75. The number of rotatable bonds is 5. The highest BCUT2D eigenvalue weighted by atomic mass is 15.1. The maximum Gasteiger partial charge on any atom is 0.197 e. The van der Waals surface area contributed by atoms with Crippen LogP contribution >= 0.6 is 0 Å². The van der Waals surface area contributed by atoms with Crippen molar-refractivity contribution in [1.82, 2.24) is 9.13 Å². The minimum atomic E-state index is 0.525. The Balaban J connectivity index is 1.31. The molecule has 274 valence electrons. The quantitative estimate of drug-likeness (QED) is 0.156. The Labute approximate surface area is 338 Å². The van der Waals surface area contributed by atoms with Crippen LogP contribution in [0.5, 0.6) is 0 Å². The van der Waals surface area contributed by atoms with E-state index in [1.807, 2.05) is 24.3 Å². The lowest BCUT2D eigenvalue weighted by molar-refractivity contribution is 1.10. The third kappa shape index (κ3) is 5.50. The van der Waals surface area contributed by atoms with Crippen molar-refractivity contribution < 1.29 is 0 Å². The summed E-state index contributed by atoms with van der Waals surface area (Å²) in [7, 11) is 0. The predicted octanol–water partition coefficient (Wildman–Crippen LogP) is 15.2. The normalized spacial score (nSPS) is 11.4. The van der Waals surface area contributed by atoms with Gasteiger partial charge in [-0.1, -0.05) is 114 Å². The standard InChI is InChI=1S/C54H38N4/c1-33-18-22-41(35(3)26-33)38-20-24-51-46(29-38)43-14-7-9-16-49(43)57(51)53-31-45(37-12-11-13-40(28-37)55-5)48(56-6)32-54(53)58-50-17-10-8-15-44(50)47-30-39(21-25-52(47)58)42-23-19-34(2)27-36(42)4/h7-32H,1-4H3. The van der Waals surface area contributed by atoms with E-state index in [2.05, 4.69) is 180 Å². The van der Waals surface area contributed by atoms with Crippen molar-refractivity contribution in [3.8, 4) is 44.8 Å². The minimum Gasteiger partial charge on any atom is -0.308 e. The number of benzene rings is 8. The summed E-state index contributed by atoms with van der Waals surface area (Å²) < 4.78 is 4.71. The zero-order valence-electron chi connectivity index (χ0n) is 32.8. The Kier molecular flexibility index (Phi) is 8.11. The van der Waals surface area contributed by atoms with Gasteiger partial charge in [0.15, 0.2) is 11.4 Å². The number of aromatic nitrogens is 2. The first-order valence-corrected chi connectivity index (χ1v) is 19.6. The van der Waals surface area contributed by atoms with Gasteiger partial charge in [0.1, 0.15) is 0 Å². The van der Waals surface area contributed by atoms with E-state index in [9.17, 15) is 0 Å². The van der Waals surface area contributed by atoms with Gasteiger partial charge in [-0.25, -0.2) is 9.69 Å². The van der Waals surface area contributed by atoms with E-state index in [4.69, 9.17) is 13.1 Å². The van der Waals surface area contributed by atoms with Gasteiger partial charge >= 0.3 is 0 Å². The molecule has 4 nitrogen and oxygen atoms in total. The van der Waals surface area contributed by atoms with Crippen LogP contribution < -0.4 is 0 Å². The highest BCUT2D eigenvalue weighted by molar-refractivity contribution is 6.13. The van der Waals surface area contributed by atoms with Crippen molar-refractivity contribution in [1.29, 1.82) is 0 Å². The molecule has 0 saturated heterocycles. The van der Waals surface area contributed by atoms with Gasteiger partial charge in [-0.15, -0.1) is 0 Å². The topological polar surface area (TPSA) is 18.6 Å². The number of hydrogen-bond acceptors (Lipinski definition) is 0. The van der Waals surface area contributed by atoms with Crippen molar-refractivity contribution in [2.75, 3.05) is 0 Å². The summed E-state index contributed by atoms with van der Waals surface area (Å²) in [5.41, 5.74) is 18.6. The molecule has 10 rings (SSSR count). The van der Waals surface area contributed by atoms with Crippen LogP contribution in [0.25, 0.3) is 98.1 Å². The van der Waals surface area contributed by atoms with E-state index in [1.54, 1.807) is 0 Å². The second-order valence-corrected chi connectivity index (χ2v) is 15.4. The molecule has 4 heteroatoms. The van der Waals surface area contributed by atoms with Crippen LogP contribution in [0.2, 0.25) is 0 Å². The number of hydrogen-bond donors (Lipinski definition) is 0. The Bertz CT molecular complexity index is 3410. The first-order valence-electron chi connectivity index (χ1n) is 19.6. The summed E-state index contributed by atoms with van der Waals surface area (Å²) in [6, 6.07) is 55.9. The van der Waals surface area contributed by atoms with Crippen LogP contribution in [0.15, 0.2) is 158 Å². The summed E-state index contributed by atoms with van der Waals surface area (Å²) in [5, 5.41) is 4.61. The molecule has 10 aromatic rings. The van der Waals surface area contributed by atoms with Gasteiger partial charge in [0, 0.05) is 21.5 Å². The monoisotopic (exact) mass is 742 g/mol. The lowest BCUT2D eigenvalue weighted by Gasteiger charge is -2.20. The molecule has 58 heavy (non-hydrogen) atoms. The van der Waals surface area contributed by atoms with E-state index in [0.717, 1.165) is 66.1 Å². The number of nitrogens with zero attached hydrogens (tertiary/aromatic N) is 4. The van der Waals surface area contributed by atoms with Crippen LogP contribution in [-0.2, 0) is 0 Å². The maximum absolute atomic E-state index is 8.53. The Morgan fingerprint density at radius 1 is 0.379 bits per heavy atom. The molecule has 0 aliphatic rings. The lowest BCUT2D eigenvalue weighted by Crippen LogP contribution is -2.04. The summed E-state index contributed by atoms with van der Waals surface area (Å²) >= 11 is 0. The average molecular weight is 743 g/mol. The first kappa shape index (κ1) is 34.8. The molecule has 0 fully saturated rings. The van der Waals surface area contributed by atoms with E-state index in [-0.39, 0.29) is 0 Å². The van der Waals surface area contributed by atoms with Crippen LogP contribution in [0.1, 0.15) is 22.3 Å². The molecule has 0 spiro atoms. The molecule has 2 aromatic heterocycles. The fourth-order valence-corrected chi connectivity index (χ4v) is 9.07. The van der Waals surface area contributed by atoms with Gasteiger partial charge in [-0.3, -0.25) is 0 Å². The zero-order chi connectivity index (χ0) is 39.7. The molecular formula is C54H38N4. The third-order valence-electron chi connectivity index (χ3n) is 11.7. The molecule has 0 amide bonds. The van der Waals surface area contributed by atoms with Crippen molar-refractivity contribution in [2.24, 2.45) is 0 Å². The van der Waals surface area contributed by atoms with Gasteiger partial charge in [-0.2, -0.15) is 0 Å². The summed E-state index contributed by atoms with van der Waals surface area (Å²) in [5.74, 6) is 0. The van der Waals surface area contributed by atoms with Crippen molar-refractivity contribution in [3.63, 3.8) is 0 Å². The Morgan fingerprint density at radius 3 is 1.40 bits per heavy atom. The van der Waals surface area contributed by atoms with Crippen LogP contribution in [0.3, 0.4) is 0 Å². The molecule has 0 N–H and O–H groups in total. The van der Waals surface area contributed by atoms with Crippen LogP contribution in [-0.4, -0.2) is 9.13 Å². The molecule has 0 aliphatic carbocycles. The van der Waals surface area contributed by atoms with Crippen molar-refractivity contribution >= 4 is 55.0 Å². The molecule has 0 bridgehead atoms. The fourth-order valence-electron chi connectivity index (χ4n) is 9.07. The molecule has 0 atom stereocenters. The fraction of sp³-hybridized carbons (Fsp3) is 0.0741. The van der Waals surface area contributed by atoms with Crippen molar-refractivity contribution in [2.45, 2.75) is 27.7 Å². The second kappa shape index (κ2) is 13.5. The highest BCUT2D eigenvalue weighted by Gasteiger charge is 2.23. The van der Waals surface area contributed by atoms with E-state index in [1.165, 1.54) is 44.5 Å². The number of fused-ring (bicyclic) bond motifs is 6. The second-order valence-electron chi connectivity index (χ2n) is 15.4. The van der Waals surface area contributed by atoms with Crippen LogP contribution in [0, 0.1) is 40.8 Å². The third-order valence-corrected chi connectivity index (χ3v) is 11.7. The summed E-state index contributed by atoms with van der Waals surface area (Å²) in [6.45, 7) is 24.9. The smallest absolute Gasteiger partial charge is 0.197 e. The summed E-state index contributed by atoms with van der Waals surface area (Å²) in [6.07, 6.45) is 0. The largest absolute Gasteiger partial charge is 0.308 e. The molecular weight excluding hydrogens is 705 g/mol. The molecule has 0 saturated carbocycles. The molecule has 0 aliphatic heterocycles. The van der Waals surface area contributed by atoms with Gasteiger partial charge in [-0.05, 0) is 127 Å². The Hall–Kier alpha value is -7.66. The van der Waals surface area contributed by atoms with Gasteiger partial charge < -0.3 is 9.13 Å². The molecule has 0 unspecified atom stereocenters. The molecule has 2 heterocycles. The summed E-state index contributed by atoms with van der Waals surface area (Å²) in [4.78, 5) is 7.90. The predicted molar refractivity (Wildman–Crippen MR) is 243 cm³/mol. The van der Waals surface area contributed by atoms with Gasteiger partial charge in [0.25, 0.3) is 0 Å². The van der Waals surface area contributed by atoms with E-state index < -0.39 is 0 Å². The number of aryl methyl sites for hydroxylation is 4.